The molecule has 4 nitrogen and oxygen atoms in total. The quantitative estimate of drug-likeness (QED) is 0.720. The van der Waals surface area contributed by atoms with Gasteiger partial charge in [-0.2, -0.15) is 0 Å². The van der Waals surface area contributed by atoms with Crippen molar-refractivity contribution in [2.75, 3.05) is 26.2 Å². The molecule has 0 saturated carbocycles. The van der Waals surface area contributed by atoms with Crippen molar-refractivity contribution in [2.24, 2.45) is 0 Å². The maximum absolute atomic E-state index is 12.1. The fourth-order valence-corrected chi connectivity index (χ4v) is 2.88. The lowest BCUT2D eigenvalue weighted by atomic mass is 9.95. The second-order valence-electron chi connectivity index (χ2n) is 6.24. The Morgan fingerprint density at radius 3 is 2.58 bits per heavy atom. The van der Waals surface area contributed by atoms with Crippen LogP contribution < -0.4 is 5.32 Å². The summed E-state index contributed by atoms with van der Waals surface area (Å²) in [6.07, 6.45) is 3.29. The number of hydrogen-bond donors (Lipinski definition) is 1. The number of nitrogens with zero attached hydrogens (tertiary/aromatic N) is 1. The molecule has 1 atom stereocenters. The van der Waals surface area contributed by atoms with Crippen molar-refractivity contribution in [1.29, 1.82) is 0 Å². The van der Waals surface area contributed by atoms with E-state index in [9.17, 15) is 4.79 Å². The van der Waals surface area contributed by atoms with Crippen molar-refractivity contribution in [3.8, 4) is 0 Å². The maximum Gasteiger partial charge on any atom is 0.326 e. The molecule has 0 spiro atoms. The minimum atomic E-state index is -0.566. The number of ether oxygens (including phenoxy) is 1. The zero-order valence-electron chi connectivity index (χ0n) is 13.2. The predicted molar refractivity (Wildman–Crippen MR) is 78.2 cm³/mol. The molecule has 0 bridgehead atoms. The Hall–Kier alpha value is -0.610. The van der Waals surface area contributed by atoms with Crippen LogP contribution in [0.3, 0.4) is 0 Å². The van der Waals surface area contributed by atoms with Gasteiger partial charge >= 0.3 is 5.97 Å². The van der Waals surface area contributed by atoms with Gasteiger partial charge in [-0.05, 0) is 60.0 Å². The summed E-state index contributed by atoms with van der Waals surface area (Å²) in [4.78, 5) is 14.6. The summed E-state index contributed by atoms with van der Waals surface area (Å²) < 4.78 is 5.21. The summed E-state index contributed by atoms with van der Waals surface area (Å²) in [5.41, 5.74) is -0.300. The first-order valence-corrected chi connectivity index (χ1v) is 7.53. The Labute approximate surface area is 117 Å². The molecule has 0 amide bonds. The van der Waals surface area contributed by atoms with Crippen molar-refractivity contribution in [2.45, 2.75) is 65.0 Å². The molecule has 1 aliphatic heterocycles. The summed E-state index contributed by atoms with van der Waals surface area (Å²) in [6, 6.07) is 0. The fourth-order valence-electron chi connectivity index (χ4n) is 2.88. The topological polar surface area (TPSA) is 41.6 Å². The van der Waals surface area contributed by atoms with Crippen LogP contribution >= 0.6 is 0 Å². The zero-order chi connectivity index (χ0) is 14.5. The molecule has 0 aliphatic carbocycles. The van der Waals surface area contributed by atoms with E-state index in [4.69, 9.17) is 4.74 Å². The third-order valence-electron chi connectivity index (χ3n) is 4.25. The Balaban J connectivity index is 2.61. The van der Waals surface area contributed by atoms with Gasteiger partial charge in [0, 0.05) is 12.1 Å². The molecule has 0 aromatic rings. The molecule has 1 heterocycles. The van der Waals surface area contributed by atoms with Crippen LogP contribution in [0, 0.1) is 0 Å². The van der Waals surface area contributed by atoms with Gasteiger partial charge in [-0.25, -0.2) is 0 Å². The van der Waals surface area contributed by atoms with Crippen LogP contribution in [0.25, 0.3) is 0 Å². The van der Waals surface area contributed by atoms with Crippen molar-refractivity contribution < 1.29 is 9.53 Å². The lowest BCUT2D eigenvalue weighted by molar-refractivity contribution is -0.151. The smallest absolute Gasteiger partial charge is 0.326 e. The van der Waals surface area contributed by atoms with E-state index < -0.39 is 5.54 Å². The van der Waals surface area contributed by atoms with Crippen LogP contribution in [0.2, 0.25) is 0 Å². The van der Waals surface area contributed by atoms with E-state index in [0.29, 0.717) is 6.61 Å². The number of esters is 1. The summed E-state index contributed by atoms with van der Waals surface area (Å²) in [7, 11) is 0. The molecule has 1 aliphatic rings. The average molecular weight is 270 g/mol. The third kappa shape index (κ3) is 4.18. The van der Waals surface area contributed by atoms with E-state index in [2.05, 4.69) is 24.1 Å². The molecule has 4 heteroatoms. The van der Waals surface area contributed by atoms with Gasteiger partial charge in [0.15, 0.2) is 0 Å². The number of likely N-dealkylation sites (N-methyl/N-ethyl adjacent to an activating group) is 1. The van der Waals surface area contributed by atoms with E-state index in [1.54, 1.807) is 0 Å². The molecule has 1 N–H and O–H groups in total. The highest BCUT2D eigenvalue weighted by atomic mass is 16.5. The Kier molecular flexibility index (Phi) is 5.81. The summed E-state index contributed by atoms with van der Waals surface area (Å²) in [6.45, 7) is 13.7. The van der Waals surface area contributed by atoms with E-state index in [1.165, 1.54) is 12.8 Å². The van der Waals surface area contributed by atoms with Crippen LogP contribution in [0.15, 0.2) is 0 Å². The number of nitrogens with one attached hydrogen (secondary N) is 1. The number of hydrogen-bond acceptors (Lipinski definition) is 4. The SMILES string of the molecule is CCNC(C)(CCN1CCCC1(C)C)C(=O)OCC. The van der Waals surface area contributed by atoms with Crippen LogP contribution in [-0.2, 0) is 9.53 Å². The first-order valence-electron chi connectivity index (χ1n) is 7.53. The highest BCUT2D eigenvalue weighted by Gasteiger charge is 2.37. The number of likely N-dealkylation sites (tertiary alicyclic amines) is 1. The second kappa shape index (κ2) is 6.71. The molecule has 0 radical (unpaired) electrons. The Bertz CT molecular complexity index is 305. The van der Waals surface area contributed by atoms with E-state index in [1.807, 2.05) is 20.8 Å². The maximum atomic E-state index is 12.1. The summed E-state index contributed by atoms with van der Waals surface area (Å²) in [5, 5.41) is 3.29. The molecule has 1 fully saturated rings. The van der Waals surface area contributed by atoms with Gasteiger partial charge in [-0.15, -0.1) is 0 Å². The minimum absolute atomic E-state index is 0.131. The predicted octanol–water partition coefficient (Wildman–Crippen LogP) is 2.18. The molecule has 1 rings (SSSR count). The monoisotopic (exact) mass is 270 g/mol. The second-order valence-corrected chi connectivity index (χ2v) is 6.24. The molecular weight excluding hydrogens is 240 g/mol. The third-order valence-corrected chi connectivity index (χ3v) is 4.25. The van der Waals surface area contributed by atoms with E-state index in [-0.39, 0.29) is 11.5 Å². The zero-order valence-corrected chi connectivity index (χ0v) is 13.2. The average Bonchev–Trinajstić information content (AvgIpc) is 2.66. The van der Waals surface area contributed by atoms with Gasteiger partial charge in [-0.3, -0.25) is 9.69 Å². The van der Waals surface area contributed by atoms with Crippen molar-refractivity contribution in [3.05, 3.63) is 0 Å². The molecule has 0 aromatic carbocycles. The van der Waals surface area contributed by atoms with E-state index in [0.717, 1.165) is 26.1 Å². The molecule has 19 heavy (non-hydrogen) atoms. The summed E-state index contributed by atoms with van der Waals surface area (Å²) >= 11 is 0. The van der Waals surface area contributed by atoms with Crippen LogP contribution in [-0.4, -0.2) is 48.2 Å². The van der Waals surface area contributed by atoms with Crippen LogP contribution in [0.1, 0.15) is 53.9 Å². The number of carbonyl (C=O) groups is 1. The van der Waals surface area contributed by atoms with Gasteiger partial charge in [0.1, 0.15) is 5.54 Å². The summed E-state index contributed by atoms with van der Waals surface area (Å²) in [5.74, 6) is -0.131. The first-order chi connectivity index (χ1) is 8.85. The highest BCUT2D eigenvalue weighted by Crippen LogP contribution is 2.29. The normalized spacial score (nSPS) is 22.2. The Morgan fingerprint density at radius 2 is 2.11 bits per heavy atom. The standard InChI is InChI=1S/C15H30N2O2/c1-6-16-15(5,13(18)19-7-2)10-12-17-11-8-9-14(17,3)4/h16H,6-12H2,1-5H3. The lowest BCUT2D eigenvalue weighted by Crippen LogP contribution is -2.53. The molecule has 1 saturated heterocycles. The highest BCUT2D eigenvalue weighted by molar-refractivity contribution is 5.80. The van der Waals surface area contributed by atoms with Crippen LogP contribution in [0.4, 0.5) is 0 Å². The molecule has 0 aromatic heterocycles. The largest absolute Gasteiger partial charge is 0.465 e. The van der Waals surface area contributed by atoms with Gasteiger partial charge < -0.3 is 10.1 Å². The minimum Gasteiger partial charge on any atom is -0.465 e. The van der Waals surface area contributed by atoms with Gasteiger partial charge in [0.2, 0.25) is 0 Å². The number of carbonyl (C=O) groups excluding carboxylic acids is 1. The van der Waals surface area contributed by atoms with Gasteiger partial charge in [0.25, 0.3) is 0 Å². The Morgan fingerprint density at radius 1 is 1.42 bits per heavy atom. The lowest BCUT2D eigenvalue weighted by Gasteiger charge is -2.35. The van der Waals surface area contributed by atoms with Crippen molar-refractivity contribution in [3.63, 3.8) is 0 Å². The van der Waals surface area contributed by atoms with Gasteiger partial charge in [0.05, 0.1) is 6.61 Å². The van der Waals surface area contributed by atoms with Crippen LogP contribution in [0.5, 0.6) is 0 Å². The molecule has 1 unspecified atom stereocenters. The molecular formula is C15H30N2O2. The first kappa shape index (κ1) is 16.4. The van der Waals surface area contributed by atoms with Crippen molar-refractivity contribution in [1.82, 2.24) is 10.2 Å². The molecule has 112 valence electrons. The van der Waals surface area contributed by atoms with Crippen molar-refractivity contribution >= 4 is 5.97 Å². The fraction of sp³-hybridized carbons (Fsp3) is 0.933. The number of rotatable bonds is 7. The van der Waals surface area contributed by atoms with E-state index >= 15 is 0 Å². The van der Waals surface area contributed by atoms with Gasteiger partial charge in [-0.1, -0.05) is 6.92 Å².